The molecule has 0 heterocycles. The molecule has 0 aromatic heterocycles. The lowest BCUT2D eigenvalue weighted by Gasteiger charge is -2.31. The predicted molar refractivity (Wildman–Crippen MR) is 79.0 cm³/mol. The van der Waals surface area contributed by atoms with Crippen LogP contribution in [0.2, 0.25) is 0 Å². The highest BCUT2D eigenvalue weighted by molar-refractivity contribution is 5.77. The Morgan fingerprint density at radius 1 is 1.45 bits per heavy atom. The Morgan fingerprint density at radius 3 is 2.85 bits per heavy atom. The van der Waals surface area contributed by atoms with Crippen molar-refractivity contribution in [1.82, 2.24) is 0 Å². The van der Waals surface area contributed by atoms with Crippen molar-refractivity contribution in [2.45, 2.75) is 32.6 Å². The van der Waals surface area contributed by atoms with Crippen LogP contribution in [0.4, 0.5) is 0 Å². The van der Waals surface area contributed by atoms with Gasteiger partial charge in [-0.15, -0.1) is 0 Å². The van der Waals surface area contributed by atoms with Crippen LogP contribution >= 0.6 is 0 Å². The number of benzene rings is 1. The van der Waals surface area contributed by atoms with Crippen molar-refractivity contribution in [3.8, 4) is 5.75 Å². The molecule has 0 bridgehead atoms. The van der Waals surface area contributed by atoms with Gasteiger partial charge in [0.15, 0.2) is 0 Å². The molecule has 20 heavy (non-hydrogen) atoms. The van der Waals surface area contributed by atoms with Crippen LogP contribution in [0.25, 0.3) is 0 Å². The van der Waals surface area contributed by atoms with Gasteiger partial charge < -0.3 is 9.47 Å². The molecule has 0 fully saturated rings. The van der Waals surface area contributed by atoms with Crippen molar-refractivity contribution in [2.24, 2.45) is 5.92 Å². The van der Waals surface area contributed by atoms with Gasteiger partial charge in [0.2, 0.25) is 0 Å². The van der Waals surface area contributed by atoms with E-state index in [0.717, 1.165) is 16.9 Å². The zero-order chi connectivity index (χ0) is 14.8. The molecule has 3 heteroatoms. The van der Waals surface area contributed by atoms with Crippen LogP contribution in [0.5, 0.6) is 5.75 Å². The van der Waals surface area contributed by atoms with Crippen LogP contribution in [0.1, 0.15) is 31.4 Å². The third-order valence-electron chi connectivity index (χ3n) is 4.07. The molecule has 2 unspecified atom stereocenters. The summed E-state index contributed by atoms with van der Waals surface area (Å²) < 4.78 is 10.7. The fraction of sp³-hybridized carbons (Fsp3) is 0.471. The molecule has 1 aromatic carbocycles. The standard InChI is InChI=1S/C17H22O3/c1-5-20-16(18)13-7-6-10-17(13,3)14-11-12(2)8-9-15(14)19-4/h6,8-11,13H,5,7H2,1-4H3. The fourth-order valence-electron chi connectivity index (χ4n) is 2.91. The van der Waals surface area contributed by atoms with Crippen molar-refractivity contribution < 1.29 is 14.3 Å². The third-order valence-corrected chi connectivity index (χ3v) is 4.07. The molecule has 0 radical (unpaired) electrons. The Morgan fingerprint density at radius 2 is 2.20 bits per heavy atom. The highest BCUT2D eigenvalue weighted by Crippen LogP contribution is 2.45. The van der Waals surface area contributed by atoms with Gasteiger partial charge >= 0.3 is 5.97 Å². The van der Waals surface area contributed by atoms with Crippen LogP contribution in [-0.4, -0.2) is 19.7 Å². The summed E-state index contributed by atoms with van der Waals surface area (Å²) in [5.41, 5.74) is 1.83. The maximum absolute atomic E-state index is 12.2. The van der Waals surface area contributed by atoms with Gasteiger partial charge in [-0.1, -0.05) is 36.8 Å². The SMILES string of the molecule is CCOC(=O)C1CC=CC1(C)c1cc(C)ccc1OC. The minimum Gasteiger partial charge on any atom is -0.496 e. The lowest BCUT2D eigenvalue weighted by molar-refractivity contribution is -0.149. The van der Waals surface area contributed by atoms with E-state index < -0.39 is 0 Å². The minimum atomic E-state index is -0.371. The van der Waals surface area contributed by atoms with E-state index in [9.17, 15) is 4.79 Å². The first kappa shape index (κ1) is 14.6. The van der Waals surface area contributed by atoms with E-state index in [1.807, 2.05) is 26.0 Å². The normalized spacial score (nSPS) is 24.7. The average molecular weight is 274 g/mol. The molecule has 1 aliphatic carbocycles. The smallest absolute Gasteiger partial charge is 0.310 e. The number of aryl methyl sites for hydroxylation is 1. The zero-order valence-corrected chi connectivity index (χ0v) is 12.6. The average Bonchev–Trinajstić information content (AvgIpc) is 2.82. The zero-order valence-electron chi connectivity index (χ0n) is 12.6. The van der Waals surface area contributed by atoms with Crippen LogP contribution < -0.4 is 4.74 Å². The molecule has 0 aliphatic heterocycles. The number of carbonyl (C=O) groups is 1. The molecule has 2 rings (SSSR count). The van der Waals surface area contributed by atoms with Gasteiger partial charge in [-0.3, -0.25) is 4.79 Å². The van der Waals surface area contributed by atoms with Gasteiger partial charge in [0.1, 0.15) is 5.75 Å². The largest absolute Gasteiger partial charge is 0.496 e. The summed E-state index contributed by atoms with van der Waals surface area (Å²) in [6, 6.07) is 6.08. The van der Waals surface area contributed by atoms with Crippen molar-refractivity contribution in [1.29, 1.82) is 0 Å². The maximum atomic E-state index is 12.2. The second kappa shape index (κ2) is 5.70. The Hall–Kier alpha value is -1.77. The molecule has 3 nitrogen and oxygen atoms in total. The Labute approximate surface area is 120 Å². The van der Waals surface area contributed by atoms with Gasteiger partial charge in [-0.2, -0.15) is 0 Å². The van der Waals surface area contributed by atoms with Gasteiger partial charge in [-0.05, 0) is 26.3 Å². The first-order valence-electron chi connectivity index (χ1n) is 7.02. The van der Waals surface area contributed by atoms with Gasteiger partial charge in [0.05, 0.1) is 19.6 Å². The molecule has 0 saturated heterocycles. The van der Waals surface area contributed by atoms with Gasteiger partial charge in [0, 0.05) is 11.0 Å². The van der Waals surface area contributed by atoms with E-state index in [2.05, 4.69) is 25.1 Å². The van der Waals surface area contributed by atoms with Crippen LogP contribution in [0.15, 0.2) is 30.4 Å². The van der Waals surface area contributed by atoms with E-state index in [-0.39, 0.29) is 17.3 Å². The second-order valence-electron chi connectivity index (χ2n) is 5.43. The molecule has 0 spiro atoms. The molecule has 2 atom stereocenters. The second-order valence-corrected chi connectivity index (χ2v) is 5.43. The number of carbonyl (C=O) groups excluding carboxylic acids is 1. The number of hydrogen-bond donors (Lipinski definition) is 0. The summed E-state index contributed by atoms with van der Waals surface area (Å²) in [6.45, 7) is 6.38. The van der Waals surface area contributed by atoms with E-state index in [1.165, 1.54) is 0 Å². The number of hydrogen-bond acceptors (Lipinski definition) is 3. The number of esters is 1. The first-order valence-corrected chi connectivity index (χ1v) is 7.02. The summed E-state index contributed by atoms with van der Waals surface area (Å²) in [4.78, 5) is 12.2. The van der Waals surface area contributed by atoms with Crippen LogP contribution in [0.3, 0.4) is 0 Å². The maximum Gasteiger partial charge on any atom is 0.310 e. The Bertz CT molecular complexity index is 533. The van der Waals surface area contributed by atoms with E-state index >= 15 is 0 Å². The summed E-state index contributed by atoms with van der Waals surface area (Å²) in [5, 5.41) is 0. The number of rotatable bonds is 4. The third kappa shape index (κ3) is 2.45. The molecule has 1 aromatic rings. The quantitative estimate of drug-likeness (QED) is 0.623. The predicted octanol–water partition coefficient (Wildman–Crippen LogP) is 3.40. The molecule has 1 aliphatic rings. The van der Waals surface area contributed by atoms with E-state index in [1.54, 1.807) is 7.11 Å². The fourth-order valence-corrected chi connectivity index (χ4v) is 2.91. The van der Waals surface area contributed by atoms with Gasteiger partial charge in [-0.25, -0.2) is 0 Å². The molecular weight excluding hydrogens is 252 g/mol. The van der Waals surface area contributed by atoms with E-state index in [4.69, 9.17) is 9.47 Å². The molecule has 0 amide bonds. The van der Waals surface area contributed by atoms with Crippen LogP contribution in [-0.2, 0) is 14.9 Å². The number of ether oxygens (including phenoxy) is 2. The van der Waals surface area contributed by atoms with Crippen molar-refractivity contribution in [3.63, 3.8) is 0 Å². The number of allylic oxidation sites excluding steroid dienone is 2. The first-order chi connectivity index (χ1) is 9.52. The Kier molecular flexibility index (Phi) is 4.17. The van der Waals surface area contributed by atoms with Crippen LogP contribution in [0, 0.1) is 12.8 Å². The van der Waals surface area contributed by atoms with Crippen molar-refractivity contribution in [3.05, 3.63) is 41.5 Å². The minimum absolute atomic E-state index is 0.136. The monoisotopic (exact) mass is 274 g/mol. The molecule has 0 N–H and O–H groups in total. The highest BCUT2D eigenvalue weighted by Gasteiger charge is 2.43. The summed E-state index contributed by atoms with van der Waals surface area (Å²) in [5.74, 6) is 0.501. The topological polar surface area (TPSA) is 35.5 Å². The van der Waals surface area contributed by atoms with Gasteiger partial charge in [0.25, 0.3) is 0 Å². The summed E-state index contributed by atoms with van der Waals surface area (Å²) >= 11 is 0. The van der Waals surface area contributed by atoms with Crippen molar-refractivity contribution >= 4 is 5.97 Å². The Balaban J connectivity index is 2.45. The highest BCUT2D eigenvalue weighted by atomic mass is 16.5. The lowest BCUT2D eigenvalue weighted by Crippen LogP contribution is -2.34. The molecule has 108 valence electrons. The number of methoxy groups -OCH3 is 1. The molecular formula is C17H22O3. The molecule has 0 saturated carbocycles. The van der Waals surface area contributed by atoms with Crippen molar-refractivity contribution in [2.75, 3.05) is 13.7 Å². The lowest BCUT2D eigenvalue weighted by atomic mass is 9.73. The summed E-state index contributed by atoms with van der Waals surface area (Å²) in [7, 11) is 1.66. The summed E-state index contributed by atoms with van der Waals surface area (Å²) in [6.07, 6.45) is 4.88. The van der Waals surface area contributed by atoms with E-state index in [0.29, 0.717) is 13.0 Å².